The molecule has 0 unspecified atom stereocenters. The lowest BCUT2D eigenvalue weighted by molar-refractivity contribution is -0.137. The Morgan fingerprint density at radius 2 is 1.67 bits per heavy atom. The molecule has 30 heavy (non-hydrogen) atoms. The first-order chi connectivity index (χ1) is 14.7. The van der Waals surface area contributed by atoms with Crippen molar-refractivity contribution in [1.29, 1.82) is 0 Å². The first-order valence-corrected chi connectivity index (χ1v) is 10.1. The third-order valence-corrected chi connectivity index (χ3v) is 5.65. The van der Waals surface area contributed by atoms with E-state index in [1.54, 1.807) is 12.4 Å². The van der Waals surface area contributed by atoms with Crippen molar-refractivity contribution >= 4 is 23.1 Å². The molecular formula is C25H21N3O2. The molecule has 148 valence electrons. The Morgan fingerprint density at radius 3 is 2.47 bits per heavy atom. The van der Waals surface area contributed by atoms with E-state index in [0.717, 1.165) is 29.7 Å². The van der Waals surface area contributed by atoms with E-state index in [4.69, 9.17) is 0 Å². The summed E-state index contributed by atoms with van der Waals surface area (Å²) in [6.45, 7) is 0.920. The standard InChI is InChI=1S/C25H21N3O2/c29-24-22(20-10-2-1-3-11-20)23(25(30)28(24)17-18-8-6-14-26-16-18)27-15-7-12-19-9-4-5-13-21(19)27/h1-6,8-11,13-14,16H,7,12,15,17H2. The molecule has 0 bridgehead atoms. The molecule has 2 amide bonds. The van der Waals surface area contributed by atoms with Crippen molar-refractivity contribution in [2.45, 2.75) is 19.4 Å². The fraction of sp³-hybridized carbons (Fsp3) is 0.160. The number of carbonyl (C=O) groups is 2. The number of nitrogens with zero attached hydrogens (tertiary/aromatic N) is 3. The lowest BCUT2D eigenvalue weighted by atomic mass is 9.98. The number of hydrogen-bond acceptors (Lipinski definition) is 4. The predicted molar refractivity (Wildman–Crippen MR) is 115 cm³/mol. The van der Waals surface area contributed by atoms with Gasteiger partial charge in [0.15, 0.2) is 0 Å². The number of rotatable bonds is 4. The van der Waals surface area contributed by atoms with Gasteiger partial charge in [-0.2, -0.15) is 0 Å². The van der Waals surface area contributed by atoms with Crippen molar-refractivity contribution in [3.63, 3.8) is 0 Å². The summed E-state index contributed by atoms with van der Waals surface area (Å²) in [6.07, 6.45) is 5.28. The van der Waals surface area contributed by atoms with Crippen molar-refractivity contribution in [2.24, 2.45) is 0 Å². The summed E-state index contributed by atoms with van der Waals surface area (Å²) in [7, 11) is 0. The lowest BCUT2D eigenvalue weighted by Crippen LogP contribution is -2.36. The summed E-state index contributed by atoms with van der Waals surface area (Å²) in [6, 6.07) is 21.3. The summed E-state index contributed by atoms with van der Waals surface area (Å²) in [4.78, 5) is 34.6. The van der Waals surface area contributed by atoms with Gasteiger partial charge < -0.3 is 4.90 Å². The molecular weight excluding hydrogens is 374 g/mol. The largest absolute Gasteiger partial charge is 0.336 e. The number of pyridine rings is 1. The average molecular weight is 395 g/mol. The minimum Gasteiger partial charge on any atom is -0.336 e. The third kappa shape index (κ3) is 3.08. The monoisotopic (exact) mass is 395 g/mol. The van der Waals surface area contributed by atoms with Gasteiger partial charge in [-0.1, -0.05) is 54.6 Å². The van der Waals surface area contributed by atoms with Crippen molar-refractivity contribution in [2.75, 3.05) is 11.4 Å². The van der Waals surface area contributed by atoms with Crippen LogP contribution in [0.3, 0.4) is 0 Å². The highest BCUT2D eigenvalue weighted by Crippen LogP contribution is 2.38. The van der Waals surface area contributed by atoms with E-state index in [-0.39, 0.29) is 18.4 Å². The van der Waals surface area contributed by atoms with Gasteiger partial charge in [0.2, 0.25) is 0 Å². The van der Waals surface area contributed by atoms with E-state index < -0.39 is 0 Å². The number of amides is 2. The quantitative estimate of drug-likeness (QED) is 0.631. The molecule has 2 aliphatic heterocycles. The molecule has 0 fully saturated rings. The molecule has 0 radical (unpaired) electrons. The van der Waals surface area contributed by atoms with Gasteiger partial charge in [-0.05, 0) is 41.7 Å². The summed E-state index contributed by atoms with van der Waals surface area (Å²) in [5.41, 5.74) is 4.75. The molecule has 3 heterocycles. The maximum absolute atomic E-state index is 13.6. The molecule has 0 spiro atoms. The molecule has 0 N–H and O–H groups in total. The van der Waals surface area contributed by atoms with Crippen molar-refractivity contribution in [3.8, 4) is 0 Å². The molecule has 0 aliphatic carbocycles. The Hall–Kier alpha value is -3.73. The Labute approximate surface area is 175 Å². The molecule has 5 heteroatoms. The second kappa shape index (κ2) is 7.59. The second-order valence-electron chi connectivity index (χ2n) is 7.53. The number of aryl methyl sites for hydroxylation is 1. The second-order valence-corrected chi connectivity index (χ2v) is 7.53. The van der Waals surface area contributed by atoms with Gasteiger partial charge in [0, 0.05) is 24.6 Å². The Kier molecular flexibility index (Phi) is 4.64. The van der Waals surface area contributed by atoms with Crippen LogP contribution in [0.2, 0.25) is 0 Å². The third-order valence-electron chi connectivity index (χ3n) is 5.65. The highest BCUT2D eigenvalue weighted by molar-refractivity contribution is 6.36. The van der Waals surface area contributed by atoms with Gasteiger partial charge in [0.25, 0.3) is 11.8 Å². The van der Waals surface area contributed by atoms with Crippen LogP contribution in [0.15, 0.2) is 84.8 Å². The minimum absolute atomic E-state index is 0.209. The topological polar surface area (TPSA) is 53.5 Å². The normalized spacial score (nSPS) is 16.3. The van der Waals surface area contributed by atoms with E-state index in [0.29, 0.717) is 17.8 Å². The summed E-state index contributed by atoms with van der Waals surface area (Å²) >= 11 is 0. The van der Waals surface area contributed by atoms with Crippen LogP contribution in [0.1, 0.15) is 23.1 Å². The van der Waals surface area contributed by atoms with Crippen LogP contribution in [0, 0.1) is 0 Å². The van der Waals surface area contributed by atoms with Crippen LogP contribution in [-0.2, 0) is 22.6 Å². The van der Waals surface area contributed by atoms with E-state index in [9.17, 15) is 9.59 Å². The summed E-state index contributed by atoms with van der Waals surface area (Å²) in [5.74, 6) is -0.507. The number of carbonyl (C=O) groups excluding carboxylic acids is 2. The van der Waals surface area contributed by atoms with Crippen LogP contribution < -0.4 is 4.90 Å². The number of benzene rings is 2. The predicted octanol–water partition coefficient (Wildman–Crippen LogP) is 3.81. The molecule has 5 nitrogen and oxygen atoms in total. The zero-order valence-electron chi connectivity index (χ0n) is 16.5. The van der Waals surface area contributed by atoms with Gasteiger partial charge in [0.1, 0.15) is 5.70 Å². The van der Waals surface area contributed by atoms with E-state index in [1.165, 1.54) is 10.5 Å². The Morgan fingerprint density at radius 1 is 0.867 bits per heavy atom. The summed E-state index contributed by atoms with van der Waals surface area (Å²) in [5, 5.41) is 0. The fourth-order valence-corrected chi connectivity index (χ4v) is 4.26. The molecule has 0 saturated heterocycles. The lowest BCUT2D eigenvalue weighted by Gasteiger charge is -2.32. The average Bonchev–Trinajstić information content (AvgIpc) is 3.04. The summed E-state index contributed by atoms with van der Waals surface area (Å²) < 4.78 is 0. The first-order valence-electron chi connectivity index (χ1n) is 10.1. The number of para-hydroxylation sites is 1. The van der Waals surface area contributed by atoms with Gasteiger partial charge in [-0.25, -0.2) is 0 Å². The van der Waals surface area contributed by atoms with Crippen LogP contribution in [0.25, 0.3) is 5.57 Å². The minimum atomic E-state index is -0.256. The number of aromatic nitrogens is 1. The Balaban J connectivity index is 1.62. The first kappa shape index (κ1) is 18.3. The fourth-order valence-electron chi connectivity index (χ4n) is 4.26. The van der Waals surface area contributed by atoms with Gasteiger partial charge in [-0.3, -0.25) is 19.5 Å². The maximum Gasteiger partial charge on any atom is 0.278 e. The van der Waals surface area contributed by atoms with E-state index >= 15 is 0 Å². The van der Waals surface area contributed by atoms with Gasteiger partial charge >= 0.3 is 0 Å². The van der Waals surface area contributed by atoms with Crippen LogP contribution in [0.5, 0.6) is 0 Å². The van der Waals surface area contributed by atoms with Crippen LogP contribution >= 0.6 is 0 Å². The molecule has 5 rings (SSSR count). The van der Waals surface area contributed by atoms with Gasteiger partial charge in [0.05, 0.1) is 12.1 Å². The van der Waals surface area contributed by atoms with Crippen molar-refractivity contribution < 1.29 is 9.59 Å². The highest BCUT2D eigenvalue weighted by Gasteiger charge is 2.42. The molecule has 0 atom stereocenters. The van der Waals surface area contributed by atoms with Crippen LogP contribution in [-0.4, -0.2) is 28.2 Å². The number of fused-ring (bicyclic) bond motifs is 1. The van der Waals surface area contributed by atoms with E-state index in [2.05, 4.69) is 11.1 Å². The number of anilines is 1. The van der Waals surface area contributed by atoms with Crippen molar-refractivity contribution in [3.05, 3.63) is 102 Å². The number of imide groups is 1. The SMILES string of the molecule is O=C1C(c2ccccc2)=C(N2CCCc3ccccc32)C(=O)N1Cc1cccnc1. The maximum atomic E-state index is 13.6. The molecule has 2 aliphatic rings. The zero-order chi connectivity index (χ0) is 20.5. The number of hydrogen-bond donors (Lipinski definition) is 0. The van der Waals surface area contributed by atoms with Crippen LogP contribution in [0.4, 0.5) is 5.69 Å². The smallest absolute Gasteiger partial charge is 0.278 e. The van der Waals surface area contributed by atoms with E-state index in [1.807, 2.05) is 65.6 Å². The molecule has 1 aromatic heterocycles. The van der Waals surface area contributed by atoms with Gasteiger partial charge in [-0.15, -0.1) is 0 Å². The molecule has 3 aromatic rings. The molecule has 2 aromatic carbocycles. The highest BCUT2D eigenvalue weighted by atomic mass is 16.2. The zero-order valence-corrected chi connectivity index (χ0v) is 16.5. The van der Waals surface area contributed by atoms with Crippen molar-refractivity contribution in [1.82, 2.24) is 9.88 Å². The molecule has 0 saturated carbocycles. The Bertz CT molecular complexity index is 1140.